The summed E-state index contributed by atoms with van der Waals surface area (Å²) in [5, 5.41) is 1.04. The molecule has 154 valence electrons. The number of carbonyl (C=O) groups excluding carboxylic acids is 1. The van der Waals surface area contributed by atoms with Crippen molar-refractivity contribution in [1.82, 2.24) is 9.80 Å². The zero-order valence-corrected chi connectivity index (χ0v) is 17.6. The first kappa shape index (κ1) is 21.2. The van der Waals surface area contributed by atoms with Crippen LogP contribution in [-0.2, 0) is 16.0 Å². The number of likely N-dealkylation sites (tertiary alicyclic amines) is 1. The molecule has 1 amide bonds. The molecule has 0 spiro atoms. The van der Waals surface area contributed by atoms with Crippen LogP contribution in [0.1, 0.15) is 37.7 Å². The van der Waals surface area contributed by atoms with Gasteiger partial charge in [-0.3, -0.25) is 9.69 Å². The molecule has 0 N–H and O–H groups in total. The van der Waals surface area contributed by atoms with Crippen molar-refractivity contribution in [2.24, 2.45) is 0 Å². The highest BCUT2D eigenvalue weighted by Crippen LogP contribution is 2.31. The van der Waals surface area contributed by atoms with Crippen LogP contribution in [0.15, 0.2) is 34.9 Å². The minimum absolute atomic E-state index is 0. The first-order valence-corrected chi connectivity index (χ1v) is 10.2. The summed E-state index contributed by atoms with van der Waals surface area (Å²) < 4.78 is 11.3. The van der Waals surface area contributed by atoms with Crippen molar-refractivity contribution in [3.05, 3.63) is 36.1 Å². The largest absolute Gasteiger partial charge is 0.464 e. The average molecular weight is 407 g/mol. The first-order valence-electron chi connectivity index (χ1n) is 10.2. The standard InChI is InChI=1S/C22H30N2O3.ClH/c1-23(21(25)15-16-7-5-9-19-17(16)11-14-27-19)18-8-6-10-20(26-2)22(18)24-12-3-4-13-24;/h5,7,9,11,14,18,20,22H,3-4,6,8,10,12-13,15H2,1-2H3;1H. The normalized spacial score (nSPS) is 25.6. The van der Waals surface area contributed by atoms with Crippen molar-refractivity contribution in [3.8, 4) is 0 Å². The molecule has 4 rings (SSSR count). The van der Waals surface area contributed by atoms with Gasteiger partial charge >= 0.3 is 0 Å². The molecule has 2 aliphatic rings. The second-order valence-corrected chi connectivity index (χ2v) is 7.94. The molecule has 2 heterocycles. The van der Waals surface area contributed by atoms with Gasteiger partial charge in [0.05, 0.1) is 24.8 Å². The molecule has 1 aromatic heterocycles. The van der Waals surface area contributed by atoms with Crippen molar-refractivity contribution < 1.29 is 13.9 Å². The quantitative estimate of drug-likeness (QED) is 0.755. The molecule has 2 aromatic rings. The fourth-order valence-corrected chi connectivity index (χ4v) is 5.00. The van der Waals surface area contributed by atoms with Gasteiger partial charge in [-0.1, -0.05) is 12.1 Å². The van der Waals surface area contributed by atoms with Crippen LogP contribution in [0, 0.1) is 0 Å². The molecular formula is C22H31ClN2O3. The van der Waals surface area contributed by atoms with Crippen LogP contribution in [0.2, 0.25) is 0 Å². The molecule has 6 heteroatoms. The molecule has 1 saturated carbocycles. The second-order valence-electron chi connectivity index (χ2n) is 7.94. The number of benzene rings is 1. The summed E-state index contributed by atoms with van der Waals surface area (Å²) in [6, 6.07) is 8.42. The Hall–Kier alpha value is -1.56. The Bertz CT molecular complexity index is 785. The number of likely N-dealkylation sites (N-methyl/N-ethyl adjacent to an activating group) is 1. The summed E-state index contributed by atoms with van der Waals surface area (Å²) in [5.41, 5.74) is 1.88. The Morgan fingerprint density at radius 3 is 2.75 bits per heavy atom. The van der Waals surface area contributed by atoms with Gasteiger partial charge < -0.3 is 14.1 Å². The van der Waals surface area contributed by atoms with Crippen LogP contribution in [-0.4, -0.2) is 61.1 Å². The molecule has 1 aromatic carbocycles. The van der Waals surface area contributed by atoms with Gasteiger partial charge in [-0.2, -0.15) is 0 Å². The molecule has 1 aliphatic heterocycles. The summed E-state index contributed by atoms with van der Waals surface area (Å²) in [4.78, 5) is 17.7. The van der Waals surface area contributed by atoms with E-state index in [4.69, 9.17) is 9.15 Å². The number of methoxy groups -OCH3 is 1. The van der Waals surface area contributed by atoms with E-state index in [9.17, 15) is 4.79 Å². The average Bonchev–Trinajstić information content (AvgIpc) is 3.38. The van der Waals surface area contributed by atoms with Crippen LogP contribution in [0.25, 0.3) is 11.0 Å². The summed E-state index contributed by atoms with van der Waals surface area (Å²) in [6.07, 6.45) is 8.07. The van der Waals surface area contributed by atoms with Crippen LogP contribution in [0.5, 0.6) is 0 Å². The number of amides is 1. The number of carbonyl (C=O) groups is 1. The molecule has 5 nitrogen and oxygen atoms in total. The number of hydrogen-bond acceptors (Lipinski definition) is 4. The minimum Gasteiger partial charge on any atom is -0.464 e. The van der Waals surface area contributed by atoms with Gasteiger partial charge in [0, 0.05) is 25.6 Å². The third-order valence-electron chi connectivity index (χ3n) is 6.45. The Labute approximate surface area is 173 Å². The SMILES string of the molecule is COC1CCCC(N(C)C(=O)Cc2cccc3occc23)C1N1CCCC1.Cl. The maximum Gasteiger partial charge on any atom is 0.227 e. The minimum atomic E-state index is 0. The zero-order chi connectivity index (χ0) is 18.8. The molecule has 3 atom stereocenters. The number of nitrogens with zero attached hydrogens (tertiary/aromatic N) is 2. The number of furan rings is 1. The van der Waals surface area contributed by atoms with E-state index in [1.165, 1.54) is 12.8 Å². The topological polar surface area (TPSA) is 45.9 Å². The Balaban J connectivity index is 0.00000225. The molecule has 1 saturated heterocycles. The van der Waals surface area contributed by atoms with Gasteiger partial charge in [0.2, 0.25) is 5.91 Å². The Morgan fingerprint density at radius 1 is 1.21 bits per heavy atom. The van der Waals surface area contributed by atoms with Gasteiger partial charge in [-0.05, 0) is 62.9 Å². The van der Waals surface area contributed by atoms with Crippen LogP contribution < -0.4 is 0 Å². The third kappa shape index (κ3) is 4.07. The molecule has 1 aliphatic carbocycles. The highest BCUT2D eigenvalue weighted by molar-refractivity contribution is 5.87. The molecule has 2 fully saturated rings. The lowest BCUT2D eigenvalue weighted by Crippen LogP contribution is -2.59. The molecular weight excluding hydrogens is 376 g/mol. The summed E-state index contributed by atoms with van der Waals surface area (Å²) in [5.74, 6) is 0.176. The van der Waals surface area contributed by atoms with E-state index >= 15 is 0 Å². The van der Waals surface area contributed by atoms with Crippen LogP contribution in [0.3, 0.4) is 0 Å². The van der Waals surface area contributed by atoms with Crippen molar-refractivity contribution in [2.75, 3.05) is 27.2 Å². The van der Waals surface area contributed by atoms with Crippen molar-refractivity contribution >= 4 is 29.3 Å². The summed E-state index contributed by atoms with van der Waals surface area (Å²) in [7, 11) is 3.79. The molecule has 28 heavy (non-hydrogen) atoms. The Morgan fingerprint density at radius 2 is 2.00 bits per heavy atom. The van der Waals surface area contributed by atoms with E-state index in [1.54, 1.807) is 6.26 Å². The van der Waals surface area contributed by atoms with Gasteiger partial charge in [0.25, 0.3) is 0 Å². The van der Waals surface area contributed by atoms with Gasteiger partial charge in [0.1, 0.15) is 5.58 Å². The molecule has 0 bridgehead atoms. The van der Waals surface area contributed by atoms with E-state index in [2.05, 4.69) is 4.90 Å². The fourth-order valence-electron chi connectivity index (χ4n) is 5.00. The van der Waals surface area contributed by atoms with Crippen molar-refractivity contribution in [3.63, 3.8) is 0 Å². The maximum absolute atomic E-state index is 13.2. The monoisotopic (exact) mass is 406 g/mol. The van der Waals surface area contributed by atoms with Gasteiger partial charge in [-0.15, -0.1) is 12.4 Å². The number of hydrogen-bond donors (Lipinski definition) is 0. The van der Waals surface area contributed by atoms with Gasteiger partial charge in [0.15, 0.2) is 0 Å². The van der Waals surface area contributed by atoms with E-state index in [-0.39, 0.29) is 30.5 Å². The van der Waals surface area contributed by atoms with Crippen molar-refractivity contribution in [2.45, 2.75) is 56.7 Å². The number of fused-ring (bicyclic) bond motifs is 1. The smallest absolute Gasteiger partial charge is 0.227 e. The molecule has 0 radical (unpaired) electrons. The summed E-state index contributed by atoms with van der Waals surface area (Å²) in [6.45, 7) is 2.24. The summed E-state index contributed by atoms with van der Waals surface area (Å²) >= 11 is 0. The zero-order valence-electron chi connectivity index (χ0n) is 16.8. The van der Waals surface area contributed by atoms with Crippen LogP contribution in [0.4, 0.5) is 0 Å². The number of ether oxygens (including phenoxy) is 1. The van der Waals surface area contributed by atoms with E-state index in [1.807, 2.05) is 43.3 Å². The Kier molecular flexibility index (Phi) is 7.02. The number of halogens is 1. The number of rotatable bonds is 5. The van der Waals surface area contributed by atoms with Gasteiger partial charge in [-0.25, -0.2) is 0 Å². The maximum atomic E-state index is 13.2. The van der Waals surface area contributed by atoms with Crippen molar-refractivity contribution in [1.29, 1.82) is 0 Å². The predicted octanol–water partition coefficient (Wildman–Crippen LogP) is 3.89. The lowest BCUT2D eigenvalue weighted by Gasteiger charge is -2.46. The first-order chi connectivity index (χ1) is 13.2. The highest BCUT2D eigenvalue weighted by atomic mass is 35.5. The lowest BCUT2D eigenvalue weighted by molar-refractivity contribution is -0.136. The second kappa shape index (κ2) is 9.29. The third-order valence-corrected chi connectivity index (χ3v) is 6.45. The van der Waals surface area contributed by atoms with Crippen LogP contribution >= 0.6 is 12.4 Å². The highest BCUT2D eigenvalue weighted by Gasteiger charge is 2.41. The fraction of sp³-hybridized carbons (Fsp3) is 0.591. The van der Waals surface area contributed by atoms with E-state index < -0.39 is 0 Å². The predicted molar refractivity (Wildman–Crippen MR) is 113 cm³/mol. The lowest BCUT2D eigenvalue weighted by atomic mass is 9.85. The van der Waals surface area contributed by atoms with E-state index in [0.717, 1.165) is 48.9 Å². The molecule has 3 unspecified atom stereocenters. The van der Waals surface area contributed by atoms with E-state index in [0.29, 0.717) is 12.5 Å².